The molecule has 0 saturated carbocycles. The number of nitrogens with one attached hydrogen (secondary N) is 1. The van der Waals surface area contributed by atoms with Gasteiger partial charge in [0.2, 0.25) is 0 Å². The van der Waals surface area contributed by atoms with Crippen LogP contribution in [0.1, 0.15) is 27.7 Å². The molecule has 9 heteroatoms. The van der Waals surface area contributed by atoms with Crippen LogP contribution in [0.5, 0.6) is 5.75 Å². The molecule has 0 aliphatic rings. The predicted molar refractivity (Wildman–Crippen MR) is 104 cm³/mol. The molecule has 2 heterocycles. The highest BCUT2D eigenvalue weighted by Gasteiger charge is 2.14. The number of benzene rings is 1. The van der Waals surface area contributed by atoms with E-state index in [1.807, 2.05) is 20.0 Å². The van der Waals surface area contributed by atoms with E-state index in [1.165, 1.54) is 12.1 Å². The van der Waals surface area contributed by atoms with Crippen molar-refractivity contribution < 1.29 is 13.9 Å². The third-order valence-electron chi connectivity index (χ3n) is 3.80. The van der Waals surface area contributed by atoms with Crippen LogP contribution in [-0.4, -0.2) is 15.7 Å². The van der Waals surface area contributed by atoms with E-state index in [9.17, 15) is 4.79 Å². The molecular weight excluding hydrogens is 413 g/mol. The molecule has 0 aliphatic carbocycles. The van der Waals surface area contributed by atoms with Crippen molar-refractivity contribution in [1.82, 2.24) is 15.1 Å². The lowest BCUT2D eigenvalue weighted by Crippen LogP contribution is -2.22. The van der Waals surface area contributed by atoms with Crippen LogP contribution in [0.15, 0.2) is 34.7 Å². The Morgan fingerprint density at radius 3 is 2.56 bits per heavy atom. The minimum absolute atomic E-state index is 0.0633. The zero-order valence-corrected chi connectivity index (χ0v) is 16.8. The fourth-order valence-electron chi connectivity index (χ4n) is 2.37. The highest BCUT2D eigenvalue weighted by Crippen LogP contribution is 2.36. The van der Waals surface area contributed by atoms with Crippen LogP contribution < -0.4 is 10.1 Å². The summed E-state index contributed by atoms with van der Waals surface area (Å²) in [6.45, 7) is 2.31. The van der Waals surface area contributed by atoms with E-state index in [1.54, 1.807) is 16.8 Å². The van der Waals surface area contributed by atoms with Gasteiger partial charge in [0.15, 0.2) is 11.5 Å². The van der Waals surface area contributed by atoms with Crippen molar-refractivity contribution in [3.05, 3.63) is 68.3 Å². The molecule has 3 aromatic rings. The SMILES string of the molecule is Cc1cc(CNC(=O)c2ccc(COc3c(Cl)cc(Cl)cc3Cl)o2)nn1C. The number of halogens is 3. The van der Waals surface area contributed by atoms with E-state index < -0.39 is 0 Å². The van der Waals surface area contributed by atoms with E-state index in [0.717, 1.165) is 11.4 Å². The first-order chi connectivity index (χ1) is 12.8. The van der Waals surface area contributed by atoms with Gasteiger partial charge in [0.25, 0.3) is 5.91 Å². The summed E-state index contributed by atoms with van der Waals surface area (Å²) in [7, 11) is 1.85. The quantitative estimate of drug-likeness (QED) is 0.613. The van der Waals surface area contributed by atoms with Crippen molar-refractivity contribution in [3.8, 4) is 5.75 Å². The molecule has 0 unspecified atom stereocenters. The van der Waals surface area contributed by atoms with E-state index in [2.05, 4.69) is 10.4 Å². The van der Waals surface area contributed by atoms with E-state index in [4.69, 9.17) is 44.0 Å². The lowest BCUT2D eigenvalue weighted by molar-refractivity contribution is 0.0918. The van der Waals surface area contributed by atoms with Gasteiger partial charge < -0.3 is 14.5 Å². The normalized spacial score (nSPS) is 10.9. The summed E-state index contributed by atoms with van der Waals surface area (Å²) >= 11 is 18.0. The fraction of sp³-hybridized carbons (Fsp3) is 0.222. The number of rotatable bonds is 6. The van der Waals surface area contributed by atoms with E-state index in [-0.39, 0.29) is 18.3 Å². The number of amides is 1. The number of carbonyl (C=O) groups excluding carboxylic acids is 1. The van der Waals surface area contributed by atoms with Crippen molar-refractivity contribution >= 4 is 40.7 Å². The summed E-state index contributed by atoms with van der Waals surface area (Å²) in [4.78, 5) is 12.2. The second-order valence-electron chi connectivity index (χ2n) is 5.84. The molecule has 0 radical (unpaired) electrons. The standard InChI is InChI=1S/C18H16Cl3N3O3/c1-10-5-12(23-24(10)2)8-22-18(25)16-4-3-13(27-16)9-26-17-14(20)6-11(19)7-15(17)21/h3-7H,8-9H2,1-2H3,(H,22,25). The van der Waals surface area contributed by atoms with Gasteiger partial charge in [-0.1, -0.05) is 34.8 Å². The first-order valence-corrected chi connectivity index (χ1v) is 9.10. The number of hydrogen-bond donors (Lipinski definition) is 1. The molecule has 0 bridgehead atoms. The van der Waals surface area contributed by atoms with Crippen LogP contribution >= 0.6 is 34.8 Å². The molecule has 1 N–H and O–H groups in total. The zero-order valence-electron chi connectivity index (χ0n) is 14.6. The van der Waals surface area contributed by atoms with Gasteiger partial charge in [0.1, 0.15) is 12.4 Å². The number of aromatic nitrogens is 2. The molecule has 0 aliphatic heterocycles. The summed E-state index contributed by atoms with van der Waals surface area (Å²) in [5.74, 6) is 0.591. The summed E-state index contributed by atoms with van der Waals surface area (Å²) in [6, 6.07) is 8.19. The molecule has 0 atom stereocenters. The molecule has 0 saturated heterocycles. The maximum absolute atomic E-state index is 12.2. The van der Waals surface area contributed by atoms with Gasteiger partial charge in [-0.05, 0) is 37.3 Å². The molecule has 2 aromatic heterocycles. The van der Waals surface area contributed by atoms with Crippen LogP contribution in [0.4, 0.5) is 0 Å². The lowest BCUT2D eigenvalue weighted by Gasteiger charge is -2.09. The smallest absolute Gasteiger partial charge is 0.287 e. The van der Waals surface area contributed by atoms with Gasteiger partial charge >= 0.3 is 0 Å². The van der Waals surface area contributed by atoms with Crippen LogP contribution in [0.25, 0.3) is 0 Å². The first kappa shape index (κ1) is 19.6. The predicted octanol–water partition coefficient (Wildman–Crippen LogP) is 4.79. The third kappa shape index (κ3) is 4.77. The Labute approximate surface area is 171 Å². The zero-order chi connectivity index (χ0) is 19.6. The van der Waals surface area contributed by atoms with Crippen LogP contribution in [-0.2, 0) is 20.2 Å². The highest BCUT2D eigenvalue weighted by molar-refractivity contribution is 6.40. The molecule has 6 nitrogen and oxygen atoms in total. The monoisotopic (exact) mass is 427 g/mol. The minimum Gasteiger partial charge on any atom is -0.483 e. The molecule has 142 valence electrons. The summed E-state index contributed by atoms with van der Waals surface area (Å²) in [5.41, 5.74) is 1.78. The number of hydrogen-bond acceptors (Lipinski definition) is 4. The van der Waals surface area contributed by atoms with Gasteiger partial charge in [-0.2, -0.15) is 5.10 Å². The Morgan fingerprint density at radius 1 is 1.22 bits per heavy atom. The van der Waals surface area contributed by atoms with Crippen molar-refractivity contribution in [1.29, 1.82) is 0 Å². The molecule has 0 fully saturated rings. The minimum atomic E-state index is -0.341. The summed E-state index contributed by atoms with van der Waals surface area (Å²) < 4.78 is 12.8. The third-order valence-corrected chi connectivity index (χ3v) is 4.58. The molecule has 27 heavy (non-hydrogen) atoms. The Balaban J connectivity index is 1.58. The van der Waals surface area contributed by atoms with E-state index in [0.29, 0.717) is 33.1 Å². The van der Waals surface area contributed by atoms with Crippen molar-refractivity contribution in [2.75, 3.05) is 0 Å². The van der Waals surface area contributed by atoms with Gasteiger partial charge in [0, 0.05) is 17.8 Å². The molecule has 1 aromatic carbocycles. The lowest BCUT2D eigenvalue weighted by atomic mass is 10.3. The largest absolute Gasteiger partial charge is 0.483 e. The summed E-state index contributed by atoms with van der Waals surface area (Å²) in [6.07, 6.45) is 0. The van der Waals surface area contributed by atoms with Crippen molar-refractivity contribution in [2.45, 2.75) is 20.1 Å². The molecular formula is C18H16Cl3N3O3. The van der Waals surface area contributed by atoms with Crippen LogP contribution in [0.3, 0.4) is 0 Å². The topological polar surface area (TPSA) is 69.3 Å². The average molecular weight is 429 g/mol. The van der Waals surface area contributed by atoms with E-state index >= 15 is 0 Å². The Kier molecular flexibility index (Phi) is 5.99. The maximum atomic E-state index is 12.2. The number of carbonyl (C=O) groups is 1. The van der Waals surface area contributed by atoms with Gasteiger partial charge in [-0.3, -0.25) is 9.48 Å². The highest BCUT2D eigenvalue weighted by atomic mass is 35.5. The molecule has 0 spiro atoms. The Morgan fingerprint density at radius 2 is 1.93 bits per heavy atom. The van der Waals surface area contributed by atoms with Crippen LogP contribution in [0.2, 0.25) is 15.1 Å². The molecule has 3 rings (SSSR count). The summed E-state index contributed by atoms with van der Waals surface area (Å²) in [5, 5.41) is 8.05. The Hall–Kier alpha value is -2.15. The number of nitrogens with zero attached hydrogens (tertiary/aromatic N) is 2. The second kappa shape index (κ2) is 8.25. The second-order valence-corrected chi connectivity index (χ2v) is 7.09. The fourth-order valence-corrected chi connectivity index (χ4v) is 3.29. The molecule has 1 amide bonds. The van der Waals surface area contributed by atoms with Gasteiger partial charge in [-0.15, -0.1) is 0 Å². The van der Waals surface area contributed by atoms with Crippen LogP contribution in [0, 0.1) is 6.92 Å². The van der Waals surface area contributed by atoms with Gasteiger partial charge in [-0.25, -0.2) is 0 Å². The van der Waals surface area contributed by atoms with Crippen molar-refractivity contribution in [2.24, 2.45) is 7.05 Å². The van der Waals surface area contributed by atoms with Crippen molar-refractivity contribution in [3.63, 3.8) is 0 Å². The number of ether oxygens (including phenoxy) is 1. The maximum Gasteiger partial charge on any atom is 0.287 e. The number of furan rings is 1. The Bertz CT molecular complexity index is 939. The number of aryl methyl sites for hydroxylation is 2. The van der Waals surface area contributed by atoms with Gasteiger partial charge in [0.05, 0.1) is 22.3 Å². The first-order valence-electron chi connectivity index (χ1n) is 7.97. The average Bonchev–Trinajstić information content (AvgIpc) is 3.19.